The average Bonchev–Trinajstić information content (AvgIpc) is 2.33. The zero-order valence-corrected chi connectivity index (χ0v) is 9.78. The van der Waals surface area contributed by atoms with Crippen LogP contribution in [0, 0.1) is 0 Å². The maximum Gasteiger partial charge on any atom is 0.349 e. The Morgan fingerprint density at radius 3 is 2.61 bits per heavy atom. The van der Waals surface area contributed by atoms with Gasteiger partial charge in [-0.2, -0.15) is 4.98 Å². The molecule has 0 radical (unpaired) electrons. The van der Waals surface area contributed by atoms with Gasteiger partial charge >= 0.3 is 5.69 Å². The highest BCUT2D eigenvalue weighted by Crippen LogP contribution is 2.13. The van der Waals surface area contributed by atoms with E-state index in [1.807, 2.05) is 24.3 Å². The lowest BCUT2D eigenvalue weighted by molar-refractivity contribution is 0.697. The van der Waals surface area contributed by atoms with Gasteiger partial charge in [-0.15, -0.1) is 0 Å². The van der Waals surface area contributed by atoms with Gasteiger partial charge in [0.25, 0.3) is 0 Å². The van der Waals surface area contributed by atoms with Gasteiger partial charge in [0.1, 0.15) is 5.82 Å². The molecular formula is C12H15N5O. The van der Waals surface area contributed by atoms with E-state index in [2.05, 4.69) is 4.98 Å². The summed E-state index contributed by atoms with van der Waals surface area (Å²) in [5.41, 5.74) is 18.1. The minimum atomic E-state index is -0.571. The highest BCUT2D eigenvalue weighted by atomic mass is 16.1. The number of benzene rings is 1. The summed E-state index contributed by atoms with van der Waals surface area (Å²) >= 11 is 0. The van der Waals surface area contributed by atoms with Crippen LogP contribution in [0.4, 0.5) is 5.82 Å². The van der Waals surface area contributed by atoms with Crippen molar-refractivity contribution < 1.29 is 0 Å². The largest absolute Gasteiger partial charge is 0.383 e. The summed E-state index contributed by atoms with van der Waals surface area (Å²) in [5.74, 6) is 0.208. The maximum absolute atomic E-state index is 11.6. The van der Waals surface area contributed by atoms with Crippen LogP contribution in [0.15, 0.2) is 41.3 Å². The quantitative estimate of drug-likeness (QED) is 0.647. The summed E-state index contributed by atoms with van der Waals surface area (Å²) in [7, 11) is 0. The molecule has 0 aliphatic rings. The third-order valence-corrected chi connectivity index (χ3v) is 2.65. The first-order valence-corrected chi connectivity index (χ1v) is 5.50. The number of hydrogen-bond acceptors (Lipinski definition) is 5. The van der Waals surface area contributed by atoms with Gasteiger partial charge in [-0.3, -0.25) is 4.57 Å². The molecule has 94 valence electrons. The van der Waals surface area contributed by atoms with Crippen molar-refractivity contribution in [1.82, 2.24) is 9.55 Å². The van der Waals surface area contributed by atoms with Gasteiger partial charge in [-0.05, 0) is 17.2 Å². The molecule has 0 unspecified atom stereocenters. The first-order valence-electron chi connectivity index (χ1n) is 5.50. The van der Waals surface area contributed by atoms with E-state index >= 15 is 0 Å². The maximum atomic E-state index is 11.6. The zero-order chi connectivity index (χ0) is 13.1. The predicted molar refractivity (Wildman–Crippen MR) is 69.6 cm³/mol. The van der Waals surface area contributed by atoms with Crippen molar-refractivity contribution in [3.63, 3.8) is 0 Å². The number of anilines is 1. The lowest BCUT2D eigenvalue weighted by Crippen LogP contribution is -2.26. The second-order valence-corrected chi connectivity index (χ2v) is 3.99. The lowest BCUT2D eigenvalue weighted by atomic mass is 10.1. The van der Waals surface area contributed by atoms with E-state index in [9.17, 15) is 4.79 Å². The van der Waals surface area contributed by atoms with E-state index in [1.165, 1.54) is 4.57 Å². The molecule has 2 rings (SSSR count). The van der Waals surface area contributed by atoms with Gasteiger partial charge in [-0.25, -0.2) is 4.79 Å². The Hall–Kier alpha value is -2.18. The standard InChI is InChI=1S/C12H15N5O/c13-10-5-6-17(12(18)16-10)7-8-3-1-2-4-9(8)11(14)15/h1-6,11H,7,14-15H2,(H2,13,16,18). The number of rotatable bonds is 3. The van der Waals surface area contributed by atoms with E-state index in [-0.39, 0.29) is 5.82 Å². The van der Waals surface area contributed by atoms with Crippen LogP contribution in [-0.4, -0.2) is 9.55 Å². The Morgan fingerprint density at radius 2 is 1.94 bits per heavy atom. The first-order chi connectivity index (χ1) is 8.58. The second kappa shape index (κ2) is 4.99. The van der Waals surface area contributed by atoms with Crippen molar-refractivity contribution in [3.8, 4) is 0 Å². The van der Waals surface area contributed by atoms with E-state index in [0.717, 1.165) is 11.1 Å². The van der Waals surface area contributed by atoms with Crippen LogP contribution in [0.25, 0.3) is 0 Å². The van der Waals surface area contributed by atoms with Gasteiger partial charge in [0.15, 0.2) is 0 Å². The van der Waals surface area contributed by atoms with E-state index in [0.29, 0.717) is 6.54 Å². The topological polar surface area (TPSA) is 113 Å². The smallest absolute Gasteiger partial charge is 0.349 e. The van der Waals surface area contributed by atoms with E-state index < -0.39 is 11.9 Å². The molecule has 1 aromatic carbocycles. The molecular weight excluding hydrogens is 230 g/mol. The molecule has 0 saturated heterocycles. The van der Waals surface area contributed by atoms with Gasteiger partial charge in [0.05, 0.1) is 12.7 Å². The molecule has 6 heteroatoms. The minimum absolute atomic E-state index is 0.208. The summed E-state index contributed by atoms with van der Waals surface area (Å²) < 4.78 is 1.46. The Labute approximate surface area is 104 Å². The summed E-state index contributed by atoms with van der Waals surface area (Å²) in [6.45, 7) is 0.368. The molecule has 1 aromatic heterocycles. The minimum Gasteiger partial charge on any atom is -0.383 e. The van der Waals surface area contributed by atoms with Crippen LogP contribution in [0.1, 0.15) is 17.3 Å². The van der Waals surface area contributed by atoms with Crippen LogP contribution >= 0.6 is 0 Å². The summed E-state index contributed by atoms with van der Waals surface area (Å²) in [6.07, 6.45) is 1.03. The Kier molecular flexibility index (Phi) is 3.40. The predicted octanol–water partition coefficient (Wildman–Crippen LogP) is -0.210. The van der Waals surface area contributed by atoms with Crippen molar-refractivity contribution >= 4 is 5.82 Å². The molecule has 0 saturated carbocycles. The number of nitrogen functional groups attached to an aromatic ring is 1. The van der Waals surface area contributed by atoms with Gasteiger partial charge in [0, 0.05) is 6.20 Å². The Balaban J connectivity index is 2.37. The second-order valence-electron chi connectivity index (χ2n) is 3.99. The first kappa shape index (κ1) is 12.3. The fourth-order valence-electron chi connectivity index (χ4n) is 1.75. The van der Waals surface area contributed by atoms with Crippen LogP contribution < -0.4 is 22.9 Å². The monoisotopic (exact) mass is 245 g/mol. The van der Waals surface area contributed by atoms with Gasteiger partial charge in [0.2, 0.25) is 0 Å². The normalized spacial score (nSPS) is 10.8. The fraction of sp³-hybridized carbons (Fsp3) is 0.167. The average molecular weight is 245 g/mol. The molecule has 0 amide bonds. The van der Waals surface area contributed by atoms with Crippen LogP contribution in [0.5, 0.6) is 0 Å². The fourth-order valence-corrected chi connectivity index (χ4v) is 1.75. The molecule has 0 aliphatic heterocycles. The highest BCUT2D eigenvalue weighted by Gasteiger charge is 2.07. The van der Waals surface area contributed by atoms with Gasteiger partial charge < -0.3 is 17.2 Å². The molecule has 0 fully saturated rings. The third kappa shape index (κ3) is 2.55. The number of aromatic nitrogens is 2. The molecule has 6 nitrogen and oxygen atoms in total. The van der Waals surface area contributed by atoms with E-state index in [1.54, 1.807) is 12.3 Å². The number of nitrogens with zero attached hydrogens (tertiary/aromatic N) is 2. The molecule has 2 aromatic rings. The van der Waals surface area contributed by atoms with Crippen molar-refractivity contribution in [3.05, 3.63) is 58.1 Å². The molecule has 0 spiro atoms. The van der Waals surface area contributed by atoms with Crippen molar-refractivity contribution in [2.24, 2.45) is 11.5 Å². The summed E-state index contributed by atoms with van der Waals surface area (Å²) in [6, 6.07) is 9.03. The third-order valence-electron chi connectivity index (χ3n) is 2.65. The molecule has 0 atom stereocenters. The molecule has 1 heterocycles. The van der Waals surface area contributed by atoms with Crippen molar-refractivity contribution in [1.29, 1.82) is 0 Å². The van der Waals surface area contributed by atoms with Crippen LogP contribution in [0.2, 0.25) is 0 Å². The van der Waals surface area contributed by atoms with Crippen molar-refractivity contribution in [2.75, 3.05) is 5.73 Å². The lowest BCUT2D eigenvalue weighted by Gasteiger charge is -2.13. The summed E-state index contributed by atoms with van der Waals surface area (Å²) in [4.78, 5) is 15.3. The van der Waals surface area contributed by atoms with Gasteiger partial charge in [-0.1, -0.05) is 24.3 Å². The molecule has 18 heavy (non-hydrogen) atoms. The van der Waals surface area contributed by atoms with Crippen LogP contribution in [0.3, 0.4) is 0 Å². The molecule has 0 aliphatic carbocycles. The Morgan fingerprint density at radius 1 is 1.22 bits per heavy atom. The highest BCUT2D eigenvalue weighted by molar-refractivity contribution is 5.30. The number of hydrogen-bond donors (Lipinski definition) is 3. The van der Waals surface area contributed by atoms with E-state index in [4.69, 9.17) is 17.2 Å². The molecule has 6 N–H and O–H groups in total. The number of nitrogens with two attached hydrogens (primary N) is 3. The zero-order valence-electron chi connectivity index (χ0n) is 9.78. The Bertz CT molecular complexity index is 605. The summed E-state index contributed by atoms with van der Waals surface area (Å²) in [5, 5.41) is 0. The van der Waals surface area contributed by atoms with Crippen LogP contribution in [-0.2, 0) is 6.54 Å². The molecule has 0 bridgehead atoms. The van der Waals surface area contributed by atoms with Crippen molar-refractivity contribution in [2.45, 2.75) is 12.7 Å². The SMILES string of the molecule is Nc1ccn(Cc2ccccc2C(N)N)c(=O)n1.